The highest BCUT2D eigenvalue weighted by Gasteiger charge is 2.29. The number of hydrogen-bond donors (Lipinski definition) is 4. The molecular weight excluding hydrogens is 645 g/mol. The standard InChI is InChI=1S/C30H32ClF3N6O4.CH2O2/c1-39-23(21-4-5-24(44-16-32)26(34)25(21)33)15-36-27(39)29(42)38-19-2-3-20(22(31)12-19)30(43)40-10-7-18(8-11-40)28(41)37-14-17-6-9-35-13-17;2-1-3/h2-5,12,15,17-18,35H,6-11,13-14,16H2,1H3,(H,37,41)(H,38,42);1H,(H,2,3). The molecule has 0 aliphatic carbocycles. The molecule has 2 fully saturated rings. The van der Waals surface area contributed by atoms with Crippen molar-refractivity contribution >= 4 is 41.5 Å². The molecule has 3 amide bonds. The van der Waals surface area contributed by atoms with Crippen LogP contribution in [0.1, 0.15) is 40.2 Å². The average Bonchev–Trinajstić information content (AvgIpc) is 3.72. The Bertz CT molecular complexity index is 1610. The van der Waals surface area contributed by atoms with Crippen LogP contribution in [0.4, 0.5) is 18.9 Å². The SMILES string of the molecule is Cn1c(-c2ccc(OCF)c(F)c2F)cnc1C(=O)Nc1ccc(C(=O)N2CCC(C(=O)NCC3CCNC3)CC2)c(Cl)c1.O=CO. The molecule has 0 bridgehead atoms. The van der Waals surface area contributed by atoms with Crippen molar-refractivity contribution in [2.75, 3.05) is 44.9 Å². The van der Waals surface area contributed by atoms with Crippen molar-refractivity contribution < 1.29 is 42.2 Å². The summed E-state index contributed by atoms with van der Waals surface area (Å²) in [4.78, 5) is 52.8. The highest BCUT2D eigenvalue weighted by Crippen LogP contribution is 2.31. The second-order valence-electron chi connectivity index (χ2n) is 10.9. The van der Waals surface area contributed by atoms with Crippen molar-refractivity contribution in [1.82, 2.24) is 25.1 Å². The third-order valence-electron chi connectivity index (χ3n) is 8.06. The first kappa shape index (κ1) is 35.2. The molecule has 5 rings (SSSR count). The molecule has 1 aromatic heterocycles. The van der Waals surface area contributed by atoms with Crippen LogP contribution in [0.25, 0.3) is 11.3 Å². The Morgan fingerprint density at radius 2 is 1.87 bits per heavy atom. The van der Waals surface area contributed by atoms with Crippen LogP contribution >= 0.6 is 11.6 Å². The van der Waals surface area contributed by atoms with Gasteiger partial charge in [-0.15, -0.1) is 0 Å². The lowest BCUT2D eigenvalue weighted by atomic mass is 9.95. The summed E-state index contributed by atoms with van der Waals surface area (Å²) >= 11 is 6.44. The van der Waals surface area contributed by atoms with Crippen LogP contribution in [-0.2, 0) is 16.6 Å². The van der Waals surface area contributed by atoms with E-state index in [0.29, 0.717) is 44.1 Å². The van der Waals surface area contributed by atoms with Crippen molar-refractivity contribution in [1.29, 1.82) is 0 Å². The molecule has 3 aromatic rings. The zero-order valence-electron chi connectivity index (χ0n) is 25.4. The number of amides is 3. The molecular formula is C31H34ClF3N6O6. The number of piperidine rings is 1. The Morgan fingerprint density at radius 1 is 1.15 bits per heavy atom. The Labute approximate surface area is 273 Å². The van der Waals surface area contributed by atoms with E-state index in [1.807, 2.05) is 0 Å². The molecule has 2 aromatic carbocycles. The number of carbonyl (C=O) groups excluding carboxylic acids is 3. The van der Waals surface area contributed by atoms with Gasteiger partial charge in [0.1, 0.15) is 0 Å². The van der Waals surface area contributed by atoms with E-state index in [0.717, 1.165) is 25.6 Å². The summed E-state index contributed by atoms with van der Waals surface area (Å²) < 4.78 is 47.0. The number of likely N-dealkylation sites (tertiary alicyclic amines) is 1. The second-order valence-corrected chi connectivity index (χ2v) is 11.4. The average molecular weight is 679 g/mol. The Balaban J connectivity index is 0.00000160. The van der Waals surface area contributed by atoms with E-state index in [-0.39, 0.29) is 51.9 Å². The van der Waals surface area contributed by atoms with Gasteiger partial charge in [0.05, 0.1) is 22.5 Å². The highest BCUT2D eigenvalue weighted by molar-refractivity contribution is 6.34. The van der Waals surface area contributed by atoms with Gasteiger partial charge in [-0.3, -0.25) is 19.2 Å². The van der Waals surface area contributed by atoms with E-state index >= 15 is 0 Å². The van der Waals surface area contributed by atoms with E-state index < -0.39 is 30.2 Å². The van der Waals surface area contributed by atoms with Crippen molar-refractivity contribution in [2.24, 2.45) is 18.9 Å². The summed E-state index contributed by atoms with van der Waals surface area (Å²) in [6, 6.07) is 6.76. The topological polar surface area (TPSA) is 155 Å². The fourth-order valence-electron chi connectivity index (χ4n) is 5.52. The molecule has 0 spiro atoms. The third kappa shape index (κ3) is 8.40. The summed E-state index contributed by atoms with van der Waals surface area (Å²) in [5.41, 5.74) is 0.460. The van der Waals surface area contributed by atoms with Gasteiger partial charge in [-0.05, 0) is 68.6 Å². The molecule has 0 saturated carbocycles. The summed E-state index contributed by atoms with van der Waals surface area (Å²) in [6.45, 7) is 1.84. The lowest BCUT2D eigenvalue weighted by molar-refractivity contribution is -0.126. The molecule has 2 aliphatic heterocycles. The maximum Gasteiger partial charge on any atom is 0.291 e. The van der Waals surface area contributed by atoms with E-state index in [1.54, 1.807) is 4.90 Å². The number of aromatic nitrogens is 2. The molecule has 16 heteroatoms. The smallest absolute Gasteiger partial charge is 0.291 e. The number of imidazole rings is 1. The van der Waals surface area contributed by atoms with Gasteiger partial charge in [0, 0.05) is 43.9 Å². The first-order chi connectivity index (χ1) is 22.6. The minimum Gasteiger partial charge on any atom is -0.483 e. The van der Waals surface area contributed by atoms with Crippen LogP contribution in [0.15, 0.2) is 36.5 Å². The van der Waals surface area contributed by atoms with Gasteiger partial charge in [0.15, 0.2) is 17.4 Å². The number of halogens is 4. The quantitative estimate of drug-likeness (QED) is 0.249. The summed E-state index contributed by atoms with van der Waals surface area (Å²) in [5.74, 6) is -3.90. The number of anilines is 1. The Hall–Kier alpha value is -4.63. The van der Waals surface area contributed by atoms with Crippen molar-refractivity contribution in [3.8, 4) is 17.0 Å². The highest BCUT2D eigenvalue weighted by atomic mass is 35.5. The number of benzene rings is 2. The number of ether oxygens (including phenoxy) is 1. The van der Waals surface area contributed by atoms with Gasteiger partial charge in [0.2, 0.25) is 18.6 Å². The van der Waals surface area contributed by atoms with Crippen LogP contribution in [-0.4, -0.2) is 83.3 Å². The monoisotopic (exact) mass is 678 g/mol. The van der Waals surface area contributed by atoms with Gasteiger partial charge in [0.25, 0.3) is 18.3 Å². The van der Waals surface area contributed by atoms with Crippen LogP contribution in [0, 0.1) is 23.5 Å². The predicted octanol–water partition coefficient (Wildman–Crippen LogP) is 3.86. The van der Waals surface area contributed by atoms with Gasteiger partial charge in [-0.2, -0.15) is 4.39 Å². The van der Waals surface area contributed by atoms with Crippen LogP contribution in [0.3, 0.4) is 0 Å². The first-order valence-electron chi connectivity index (χ1n) is 14.7. The number of carboxylic acid groups (broad SMARTS) is 1. The molecule has 1 atom stereocenters. The minimum absolute atomic E-state index is 0.0281. The maximum atomic E-state index is 14.6. The van der Waals surface area contributed by atoms with Crippen LogP contribution in [0.2, 0.25) is 5.02 Å². The number of nitrogens with zero attached hydrogens (tertiary/aromatic N) is 3. The lowest BCUT2D eigenvalue weighted by Gasteiger charge is -2.31. The van der Waals surface area contributed by atoms with Crippen LogP contribution < -0.4 is 20.7 Å². The Kier molecular flexibility index (Phi) is 12.2. The number of alkyl halides is 1. The maximum absolute atomic E-state index is 14.6. The fraction of sp³-hybridized carbons (Fsp3) is 0.387. The zero-order valence-corrected chi connectivity index (χ0v) is 26.2. The minimum atomic E-state index is -1.36. The summed E-state index contributed by atoms with van der Waals surface area (Å²) in [7, 11) is 1.45. The molecule has 1 unspecified atom stereocenters. The molecule has 0 radical (unpaired) electrons. The molecule has 3 heterocycles. The van der Waals surface area contributed by atoms with E-state index in [9.17, 15) is 27.6 Å². The first-order valence-corrected chi connectivity index (χ1v) is 15.1. The van der Waals surface area contributed by atoms with Crippen molar-refractivity contribution in [3.63, 3.8) is 0 Å². The number of carbonyl (C=O) groups is 4. The van der Waals surface area contributed by atoms with Crippen LogP contribution in [0.5, 0.6) is 5.75 Å². The number of hydrogen-bond acceptors (Lipinski definition) is 7. The lowest BCUT2D eigenvalue weighted by Crippen LogP contribution is -2.44. The molecule has 47 heavy (non-hydrogen) atoms. The molecule has 2 aliphatic rings. The van der Waals surface area contributed by atoms with Gasteiger partial charge in [-0.25, -0.2) is 13.8 Å². The molecule has 12 nitrogen and oxygen atoms in total. The largest absolute Gasteiger partial charge is 0.483 e. The normalized spacial score (nSPS) is 16.2. The van der Waals surface area contributed by atoms with Gasteiger partial charge >= 0.3 is 0 Å². The molecule has 4 N–H and O–H groups in total. The summed E-state index contributed by atoms with van der Waals surface area (Å²) in [6.07, 6.45) is 3.38. The van der Waals surface area contributed by atoms with Crippen molar-refractivity contribution in [3.05, 3.63) is 64.6 Å². The predicted molar refractivity (Wildman–Crippen MR) is 166 cm³/mol. The van der Waals surface area contributed by atoms with Gasteiger partial charge < -0.3 is 35.3 Å². The van der Waals surface area contributed by atoms with Crippen molar-refractivity contribution in [2.45, 2.75) is 19.3 Å². The van der Waals surface area contributed by atoms with E-state index in [2.05, 4.69) is 25.7 Å². The number of nitrogens with one attached hydrogen (secondary N) is 3. The summed E-state index contributed by atoms with van der Waals surface area (Å²) in [5, 5.41) is 16.0. The zero-order chi connectivity index (χ0) is 34.1. The second kappa shape index (κ2) is 16.3. The van der Waals surface area contributed by atoms with E-state index in [1.165, 1.54) is 42.1 Å². The fourth-order valence-corrected chi connectivity index (χ4v) is 5.78. The Morgan fingerprint density at radius 3 is 2.51 bits per heavy atom. The third-order valence-corrected chi connectivity index (χ3v) is 8.37. The molecule has 252 valence electrons. The number of rotatable bonds is 9. The molecule has 2 saturated heterocycles. The van der Waals surface area contributed by atoms with Gasteiger partial charge in [-0.1, -0.05) is 11.6 Å². The van der Waals surface area contributed by atoms with E-state index in [4.69, 9.17) is 21.5 Å².